The van der Waals surface area contributed by atoms with Gasteiger partial charge in [-0.15, -0.1) is 0 Å². The van der Waals surface area contributed by atoms with Gasteiger partial charge < -0.3 is 9.30 Å². The van der Waals surface area contributed by atoms with Crippen molar-refractivity contribution in [3.8, 4) is 72.8 Å². The Morgan fingerprint density at radius 3 is 1.62 bits per heavy atom. The Morgan fingerprint density at radius 2 is 0.908 bits per heavy atom. The average molecular weight is 834 g/mol. The summed E-state index contributed by atoms with van der Waals surface area (Å²) in [6.45, 7) is 2.35. The van der Waals surface area contributed by atoms with Gasteiger partial charge in [0.25, 0.3) is 0 Å². The number of ether oxygens (including phenoxy) is 1. The highest BCUT2D eigenvalue weighted by Gasteiger charge is 2.40. The van der Waals surface area contributed by atoms with Gasteiger partial charge in [-0.25, -0.2) is 9.97 Å². The first-order valence-corrected chi connectivity index (χ1v) is 22.2. The number of para-hydroxylation sites is 2. The third-order valence-electron chi connectivity index (χ3n) is 13.3. The maximum Gasteiger partial charge on any atom is 0.129 e. The summed E-state index contributed by atoms with van der Waals surface area (Å²) in [6.07, 6.45) is 4.64. The number of hydrogen-bond donors (Lipinski definition) is 0. The fraction of sp³-hybridized carbons (Fsp3) is 0.0492. The molecule has 12 rings (SSSR count). The van der Waals surface area contributed by atoms with Crippen LogP contribution in [0.3, 0.4) is 0 Å². The molecule has 0 spiro atoms. The van der Waals surface area contributed by atoms with Gasteiger partial charge in [0.15, 0.2) is 0 Å². The minimum atomic E-state index is -0.289. The van der Waals surface area contributed by atoms with Crippen LogP contribution in [-0.4, -0.2) is 14.5 Å². The maximum atomic E-state index is 6.12. The highest BCUT2D eigenvalue weighted by Crippen LogP contribution is 2.51. The Bertz CT molecular complexity index is 3500. The minimum absolute atomic E-state index is 0.289. The molecule has 308 valence electrons. The zero-order valence-electron chi connectivity index (χ0n) is 35.9. The second-order valence-electron chi connectivity index (χ2n) is 17.2. The largest absolute Gasteiger partial charge is 0.457 e. The summed E-state index contributed by atoms with van der Waals surface area (Å²) >= 11 is 0. The van der Waals surface area contributed by atoms with E-state index in [1.54, 1.807) is 0 Å². The first-order chi connectivity index (χ1) is 32.1. The highest BCUT2D eigenvalue weighted by molar-refractivity contribution is 6.10. The van der Waals surface area contributed by atoms with Gasteiger partial charge in [0.05, 0.1) is 11.0 Å². The molecule has 0 bridgehead atoms. The molecule has 1 aliphatic rings. The van der Waals surface area contributed by atoms with E-state index < -0.39 is 0 Å². The smallest absolute Gasteiger partial charge is 0.129 e. The fourth-order valence-corrected chi connectivity index (χ4v) is 9.93. The van der Waals surface area contributed by atoms with Gasteiger partial charge in [0.2, 0.25) is 0 Å². The summed E-state index contributed by atoms with van der Waals surface area (Å²) in [5.41, 5.74) is 17.6. The average Bonchev–Trinajstić information content (AvgIpc) is 3.83. The Balaban J connectivity index is 0.814. The second kappa shape index (κ2) is 15.8. The van der Waals surface area contributed by atoms with E-state index in [1.807, 2.05) is 54.9 Å². The fourth-order valence-electron chi connectivity index (χ4n) is 9.93. The molecule has 1 atom stereocenters. The van der Waals surface area contributed by atoms with Crippen LogP contribution in [-0.2, 0) is 11.8 Å². The zero-order chi connectivity index (χ0) is 43.3. The van der Waals surface area contributed by atoms with Gasteiger partial charge in [-0.3, -0.25) is 0 Å². The van der Waals surface area contributed by atoms with Gasteiger partial charge >= 0.3 is 0 Å². The lowest BCUT2D eigenvalue weighted by atomic mass is 9.77. The lowest BCUT2D eigenvalue weighted by Crippen LogP contribution is -2.25. The predicted molar refractivity (Wildman–Crippen MR) is 267 cm³/mol. The molecule has 65 heavy (non-hydrogen) atoms. The lowest BCUT2D eigenvalue weighted by molar-refractivity contribution is 0.482. The molecule has 0 saturated carbocycles. The number of hydrogen-bond acceptors (Lipinski definition) is 3. The molecule has 2 heterocycles. The SMILES string of the molecule is C[C@@]1(Cc2ncc(-c3ccc(-c4ccc(-c5ccccc5)cc4)cc3)cn2)c2ccccc2-c2cc(-c3ccc4c(c3)c3ccccc3n4-c3ccc(Oc4ccccc4)cc3)ccc21. The summed E-state index contributed by atoms with van der Waals surface area (Å²) in [5.74, 6) is 2.46. The van der Waals surface area contributed by atoms with Crippen LogP contribution >= 0.6 is 0 Å². The quantitative estimate of drug-likeness (QED) is 0.145. The molecule has 0 aliphatic heterocycles. The van der Waals surface area contributed by atoms with Crippen LogP contribution < -0.4 is 4.74 Å². The number of rotatable bonds is 9. The molecule has 1 aliphatic carbocycles. The molecule has 0 saturated heterocycles. The molecular weight excluding hydrogens is 791 g/mol. The van der Waals surface area contributed by atoms with Gasteiger partial charge in [0.1, 0.15) is 17.3 Å². The molecular formula is C61H43N3O. The standard InChI is InChI=1S/C61H43N3O/c1-61(38-60-62-39-48(40-63-60)45-26-24-44(25-27-45)43-22-20-42(21-23-43)41-12-4-2-5-13-41)56-18-10-8-16-52(56)54-36-46(28-34-57(54)61)47-29-35-59-55(37-47)53-17-9-11-19-58(53)64(59)49-30-32-51(33-31-49)65-50-14-6-3-7-15-50/h2-37,39-40H,38H2,1H3/t61-/m1/s1. The van der Waals surface area contributed by atoms with Crippen molar-refractivity contribution >= 4 is 21.8 Å². The third kappa shape index (κ3) is 6.88. The van der Waals surface area contributed by atoms with E-state index in [-0.39, 0.29) is 5.41 Å². The van der Waals surface area contributed by atoms with Crippen LogP contribution in [0, 0.1) is 0 Å². The molecule has 4 heteroatoms. The van der Waals surface area contributed by atoms with Crippen molar-refractivity contribution in [3.05, 3.63) is 248 Å². The number of aromatic nitrogens is 3. The third-order valence-corrected chi connectivity index (χ3v) is 13.3. The molecule has 0 N–H and O–H groups in total. The summed E-state index contributed by atoms with van der Waals surface area (Å²) in [4.78, 5) is 9.95. The van der Waals surface area contributed by atoms with Crippen LogP contribution in [0.4, 0.5) is 0 Å². The Labute approximate surface area is 378 Å². The van der Waals surface area contributed by atoms with E-state index >= 15 is 0 Å². The van der Waals surface area contributed by atoms with Gasteiger partial charge in [0, 0.05) is 46.3 Å². The summed E-state index contributed by atoms with van der Waals surface area (Å²) in [6, 6.07) is 77.7. The van der Waals surface area contributed by atoms with Gasteiger partial charge in [-0.1, -0.05) is 165 Å². The van der Waals surface area contributed by atoms with Crippen molar-refractivity contribution in [2.75, 3.05) is 0 Å². The molecule has 2 aromatic heterocycles. The summed E-state index contributed by atoms with van der Waals surface area (Å²) < 4.78 is 8.46. The van der Waals surface area contributed by atoms with E-state index in [4.69, 9.17) is 14.7 Å². The Morgan fingerprint density at radius 1 is 0.400 bits per heavy atom. The van der Waals surface area contributed by atoms with Crippen LogP contribution in [0.1, 0.15) is 23.9 Å². The Kier molecular flexibility index (Phi) is 9.31. The zero-order valence-corrected chi connectivity index (χ0v) is 35.9. The minimum Gasteiger partial charge on any atom is -0.457 e. The first-order valence-electron chi connectivity index (χ1n) is 22.2. The number of nitrogens with zero attached hydrogens (tertiary/aromatic N) is 3. The molecule has 0 amide bonds. The molecule has 0 radical (unpaired) electrons. The van der Waals surface area contributed by atoms with Crippen LogP contribution in [0.25, 0.3) is 83.1 Å². The monoisotopic (exact) mass is 833 g/mol. The number of fused-ring (bicyclic) bond motifs is 6. The van der Waals surface area contributed by atoms with Crippen molar-refractivity contribution in [3.63, 3.8) is 0 Å². The van der Waals surface area contributed by atoms with Crippen LogP contribution in [0.15, 0.2) is 231 Å². The molecule has 0 unspecified atom stereocenters. The van der Waals surface area contributed by atoms with Crippen LogP contribution in [0.5, 0.6) is 11.5 Å². The van der Waals surface area contributed by atoms with Crippen molar-refractivity contribution in [1.82, 2.24) is 14.5 Å². The van der Waals surface area contributed by atoms with Gasteiger partial charge in [-0.05, 0) is 122 Å². The van der Waals surface area contributed by atoms with E-state index in [9.17, 15) is 0 Å². The highest BCUT2D eigenvalue weighted by atomic mass is 16.5. The molecule has 0 fully saturated rings. The van der Waals surface area contributed by atoms with Crippen molar-refractivity contribution in [2.45, 2.75) is 18.8 Å². The Hall–Kier alpha value is -8.34. The van der Waals surface area contributed by atoms with E-state index in [0.29, 0.717) is 6.42 Å². The summed E-state index contributed by atoms with van der Waals surface area (Å²) in [5, 5.41) is 2.44. The number of benzene rings is 9. The van der Waals surface area contributed by atoms with Crippen molar-refractivity contribution in [1.29, 1.82) is 0 Å². The molecule has 11 aromatic rings. The topological polar surface area (TPSA) is 39.9 Å². The molecule has 4 nitrogen and oxygen atoms in total. The van der Waals surface area contributed by atoms with E-state index in [2.05, 4.69) is 187 Å². The predicted octanol–water partition coefficient (Wildman–Crippen LogP) is 15.6. The summed E-state index contributed by atoms with van der Waals surface area (Å²) in [7, 11) is 0. The van der Waals surface area contributed by atoms with Gasteiger partial charge in [-0.2, -0.15) is 0 Å². The first kappa shape index (κ1) is 38.3. The lowest BCUT2D eigenvalue weighted by Gasteiger charge is -2.27. The van der Waals surface area contributed by atoms with E-state index in [1.165, 1.54) is 77.4 Å². The second-order valence-corrected chi connectivity index (χ2v) is 17.2. The van der Waals surface area contributed by atoms with E-state index in [0.717, 1.165) is 34.1 Å². The van der Waals surface area contributed by atoms with Crippen molar-refractivity contribution in [2.24, 2.45) is 0 Å². The maximum absolute atomic E-state index is 6.12. The normalized spacial score (nSPS) is 14.0. The van der Waals surface area contributed by atoms with Crippen molar-refractivity contribution < 1.29 is 4.74 Å². The van der Waals surface area contributed by atoms with Crippen LogP contribution in [0.2, 0.25) is 0 Å². The molecule has 9 aromatic carbocycles.